The second-order valence-corrected chi connectivity index (χ2v) is 14.4. The Hall–Kier alpha value is -0.686. The van der Waals surface area contributed by atoms with Crippen molar-refractivity contribution in [2.75, 3.05) is 13.2 Å². The Morgan fingerprint density at radius 2 is 1.37 bits per heavy atom. The van der Waals surface area contributed by atoms with E-state index < -0.39 is 16.6 Å². The topological polar surface area (TPSA) is 18.5 Å². The molecule has 0 spiro atoms. The Balaban J connectivity index is 2.44. The third-order valence-electron chi connectivity index (χ3n) is 3.69. The van der Waals surface area contributed by atoms with Gasteiger partial charge in [0.2, 0.25) is 16.6 Å². The van der Waals surface area contributed by atoms with Gasteiger partial charge in [-0.25, -0.2) is 0 Å². The monoisotopic (exact) mass is 292 g/mol. The minimum absolute atomic E-state index is 0.737. The molecule has 0 unspecified atom stereocenters. The molecule has 1 saturated heterocycles. The van der Waals surface area contributed by atoms with Crippen molar-refractivity contribution < 1.29 is 8.85 Å². The molecule has 104 valence electrons. The van der Waals surface area contributed by atoms with Gasteiger partial charge in [0, 0.05) is 0 Å². The molecule has 1 aromatic rings. The highest BCUT2D eigenvalue weighted by molar-refractivity contribution is 7.01. The maximum atomic E-state index is 6.11. The van der Waals surface area contributed by atoms with E-state index in [1.54, 1.807) is 0 Å². The predicted octanol–water partition coefficient (Wildman–Crippen LogP) is 3.91. The zero-order valence-electron chi connectivity index (χ0n) is 12.6. The van der Waals surface area contributed by atoms with Crippen molar-refractivity contribution in [1.82, 2.24) is 0 Å². The zero-order valence-corrected chi connectivity index (χ0v) is 14.6. The van der Waals surface area contributed by atoms with Crippen molar-refractivity contribution in [1.29, 1.82) is 0 Å². The fraction of sp³-hybridized carbons (Fsp3) is 0.467. The van der Waals surface area contributed by atoms with E-state index in [-0.39, 0.29) is 0 Å². The van der Waals surface area contributed by atoms with E-state index in [0.29, 0.717) is 0 Å². The summed E-state index contributed by atoms with van der Waals surface area (Å²) in [5, 5.41) is 0. The molecule has 0 atom stereocenters. The molecule has 0 aromatic heterocycles. The van der Waals surface area contributed by atoms with Crippen molar-refractivity contribution in [2.45, 2.75) is 33.1 Å². The fourth-order valence-corrected chi connectivity index (χ4v) is 11.4. The second-order valence-electron chi connectivity index (χ2n) is 6.19. The SMILES string of the molecule is Cc1ccc(C=C2[Si](C)(C)OCCO[Si]2(C)C)cc1. The summed E-state index contributed by atoms with van der Waals surface area (Å²) in [4.78, 5) is 1.46. The number of benzene rings is 1. The van der Waals surface area contributed by atoms with Gasteiger partial charge in [-0.05, 0) is 43.5 Å². The quantitative estimate of drug-likeness (QED) is 0.731. The summed E-state index contributed by atoms with van der Waals surface area (Å²) < 4.78 is 12.2. The van der Waals surface area contributed by atoms with Crippen LogP contribution in [0.5, 0.6) is 0 Å². The average Bonchev–Trinajstić information content (AvgIpc) is 2.42. The third kappa shape index (κ3) is 3.45. The van der Waals surface area contributed by atoms with Crippen LogP contribution in [-0.2, 0) is 8.85 Å². The summed E-state index contributed by atoms with van der Waals surface area (Å²) >= 11 is 0. The molecule has 0 aliphatic carbocycles. The van der Waals surface area contributed by atoms with Crippen molar-refractivity contribution in [2.24, 2.45) is 0 Å². The van der Waals surface area contributed by atoms with Crippen LogP contribution in [0.15, 0.2) is 29.1 Å². The molecule has 19 heavy (non-hydrogen) atoms. The lowest BCUT2D eigenvalue weighted by Crippen LogP contribution is -2.45. The summed E-state index contributed by atoms with van der Waals surface area (Å²) in [5.41, 5.74) is 2.55. The Morgan fingerprint density at radius 1 is 0.895 bits per heavy atom. The van der Waals surface area contributed by atoms with Gasteiger partial charge in [0.1, 0.15) is 0 Å². The number of hydrogen-bond donors (Lipinski definition) is 0. The summed E-state index contributed by atoms with van der Waals surface area (Å²) in [6.07, 6.45) is 2.32. The number of hydrogen-bond acceptors (Lipinski definition) is 2. The van der Waals surface area contributed by atoms with E-state index in [4.69, 9.17) is 8.85 Å². The van der Waals surface area contributed by atoms with E-state index in [9.17, 15) is 0 Å². The van der Waals surface area contributed by atoms with Gasteiger partial charge in [-0.1, -0.05) is 35.9 Å². The standard InChI is InChI=1S/C15H24O2Si2/c1-13-6-8-14(9-7-13)12-15-18(2,3)16-10-11-17-19(15,4)5/h6-9,12H,10-11H2,1-5H3. The first-order chi connectivity index (χ1) is 8.81. The average molecular weight is 293 g/mol. The third-order valence-corrected chi connectivity index (χ3v) is 12.0. The Labute approximate surface area is 118 Å². The molecule has 0 amide bonds. The van der Waals surface area contributed by atoms with E-state index in [2.05, 4.69) is 63.5 Å². The van der Waals surface area contributed by atoms with Gasteiger partial charge in [0.25, 0.3) is 0 Å². The largest absolute Gasteiger partial charge is 0.411 e. The lowest BCUT2D eigenvalue weighted by molar-refractivity contribution is 0.221. The molecule has 1 heterocycles. The highest BCUT2D eigenvalue weighted by atomic mass is 28.4. The lowest BCUT2D eigenvalue weighted by atomic mass is 10.1. The first-order valence-corrected chi connectivity index (χ1v) is 12.7. The smallest absolute Gasteiger partial charge is 0.212 e. The van der Waals surface area contributed by atoms with Crippen LogP contribution in [-0.4, -0.2) is 29.8 Å². The summed E-state index contributed by atoms with van der Waals surface area (Å²) in [5.74, 6) is 0. The van der Waals surface area contributed by atoms with E-state index in [1.807, 2.05) is 0 Å². The van der Waals surface area contributed by atoms with Crippen LogP contribution in [0.2, 0.25) is 26.2 Å². The first-order valence-electron chi connectivity index (χ1n) is 6.88. The van der Waals surface area contributed by atoms with Gasteiger partial charge < -0.3 is 8.85 Å². The van der Waals surface area contributed by atoms with Gasteiger partial charge >= 0.3 is 0 Å². The molecule has 2 nitrogen and oxygen atoms in total. The maximum Gasteiger partial charge on any atom is 0.212 e. The normalized spacial score (nSPS) is 21.8. The van der Waals surface area contributed by atoms with Crippen molar-refractivity contribution in [3.63, 3.8) is 0 Å². The molecule has 1 aliphatic rings. The molecule has 4 heteroatoms. The summed E-state index contributed by atoms with van der Waals surface area (Å²) in [7, 11) is -3.61. The number of rotatable bonds is 1. The van der Waals surface area contributed by atoms with Crippen LogP contribution < -0.4 is 0 Å². The van der Waals surface area contributed by atoms with Gasteiger partial charge in [0.15, 0.2) is 0 Å². The molecule has 1 fully saturated rings. The Bertz CT molecular complexity index is 455. The van der Waals surface area contributed by atoms with Gasteiger partial charge in [-0.15, -0.1) is 0 Å². The molecule has 1 aromatic carbocycles. The predicted molar refractivity (Wildman–Crippen MR) is 86.0 cm³/mol. The highest BCUT2D eigenvalue weighted by Crippen LogP contribution is 2.31. The molecule has 0 saturated carbocycles. The first kappa shape index (κ1) is 14.7. The van der Waals surface area contributed by atoms with Crippen molar-refractivity contribution >= 4 is 22.7 Å². The Kier molecular flexibility index (Phi) is 4.15. The molecule has 0 bridgehead atoms. The second kappa shape index (κ2) is 5.36. The molecule has 2 rings (SSSR count). The van der Waals surface area contributed by atoms with E-state index in [1.165, 1.54) is 15.9 Å². The molecule has 1 aliphatic heterocycles. The van der Waals surface area contributed by atoms with Crippen LogP contribution in [0.4, 0.5) is 0 Å². The highest BCUT2D eigenvalue weighted by Gasteiger charge is 2.42. The van der Waals surface area contributed by atoms with Crippen LogP contribution in [0.1, 0.15) is 11.1 Å². The van der Waals surface area contributed by atoms with Crippen LogP contribution in [0.25, 0.3) is 6.08 Å². The van der Waals surface area contributed by atoms with Crippen LogP contribution in [0.3, 0.4) is 0 Å². The van der Waals surface area contributed by atoms with Crippen molar-refractivity contribution in [3.8, 4) is 0 Å². The summed E-state index contributed by atoms with van der Waals surface area (Å²) in [6, 6.07) is 8.69. The number of aryl methyl sites for hydroxylation is 1. The van der Waals surface area contributed by atoms with Crippen molar-refractivity contribution in [3.05, 3.63) is 40.2 Å². The minimum Gasteiger partial charge on any atom is -0.411 e. The molecular formula is C15H24O2Si2. The van der Waals surface area contributed by atoms with Gasteiger partial charge in [0.05, 0.1) is 13.2 Å². The Morgan fingerprint density at radius 3 is 1.84 bits per heavy atom. The molecule has 0 N–H and O–H groups in total. The molecular weight excluding hydrogens is 268 g/mol. The van der Waals surface area contributed by atoms with Gasteiger partial charge in [-0.3, -0.25) is 0 Å². The van der Waals surface area contributed by atoms with E-state index in [0.717, 1.165) is 13.2 Å². The minimum atomic E-state index is -1.80. The lowest BCUT2D eigenvalue weighted by Gasteiger charge is -2.31. The van der Waals surface area contributed by atoms with Crippen LogP contribution >= 0.6 is 0 Å². The fourth-order valence-electron chi connectivity index (χ4n) is 2.65. The summed E-state index contributed by atoms with van der Waals surface area (Å²) in [6.45, 7) is 12.7. The van der Waals surface area contributed by atoms with Crippen LogP contribution in [0, 0.1) is 6.92 Å². The maximum absolute atomic E-state index is 6.11. The molecule has 0 radical (unpaired) electrons. The zero-order chi connectivity index (χ0) is 14.1. The van der Waals surface area contributed by atoms with E-state index >= 15 is 0 Å². The van der Waals surface area contributed by atoms with Gasteiger partial charge in [-0.2, -0.15) is 0 Å².